The van der Waals surface area contributed by atoms with Gasteiger partial charge in [0.05, 0.1) is 21.3 Å². The van der Waals surface area contributed by atoms with E-state index >= 15 is 0 Å². The van der Waals surface area contributed by atoms with Crippen LogP contribution in [0.3, 0.4) is 0 Å². The molecule has 0 unspecified atom stereocenters. The van der Waals surface area contributed by atoms with Gasteiger partial charge in [-0.3, -0.25) is 4.79 Å². The van der Waals surface area contributed by atoms with Crippen molar-refractivity contribution in [3.8, 4) is 0 Å². The minimum Gasteiger partial charge on any atom is -0.321 e. The zero-order valence-corrected chi connectivity index (χ0v) is 12.5. The minimum atomic E-state index is -0.497. The molecule has 0 fully saturated rings. The number of rotatable bonds is 2. The van der Waals surface area contributed by atoms with Crippen LogP contribution in [-0.4, -0.2) is 5.91 Å². The van der Waals surface area contributed by atoms with E-state index in [1.54, 1.807) is 18.2 Å². The zero-order chi connectivity index (χ0) is 14.0. The van der Waals surface area contributed by atoms with Crippen LogP contribution in [0.25, 0.3) is 0 Å². The maximum Gasteiger partial charge on any atom is 0.257 e. The standard InChI is InChI=1S/C13H7BrCl2FNO/c14-7-1-4-12(11(16)5-7)18-13(19)9-3-2-8(17)6-10(9)15/h1-6H,(H,18,19). The van der Waals surface area contributed by atoms with Crippen LogP contribution in [0.1, 0.15) is 10.4 Å². The second kappa shape index (κ2) is 5.90. The van der Waals surface area contributed by atoms with Crippen LogP contribution in [0.4, 0.5) is 10.1 Å². The Kier molecular flexibility index (Phi) is 4.45. The summed E-state index contributed by atoms with van der Waals surface area (Å²) in [6, 6.07) is 8.63. The van der Waals surface area contributed by atoms with E-state index in [-0.39, 0.29) is 10.6 Å². The van der Waals surface area contributed by atoms with Crippen LogP contribution in [-0.2, 0) is 0 Å². The third-order valence-corrected chi connectivity index (χ3v) is 3.47. The van der Waals surface area contributed by atoms with E-state index < -0.39 is 11.7 Å². The van der Waals surface area contributed by atoms with Gasteiger partial charge in [0.25, 0.3) is 5.91 Å². The second-order valence-electron chi connectivity index (χ2n) is 3.70. The van der Waals surface area contributed by atoms with E-state index in [0.717, 1.165) is 10.5 Å². The SMILES string of the molecule is O=C(Nc1ccc(Br)cc1Cl)c1ccc(F)cc1Cl. The molecule has 0 aliphatic rings. The Morgan fingerprint density at radius 3 is 2.47 bits per heavy atom. The smallest absolute Gasteiger partial charge is 0.257 e. The summed E-state index contributed by atoms with van der Waals surface area (Å²) < 4.78 is 13.7. The lowest BCUT2D eigenvalue weighted by molar-refractivity contribution is 0.102. The molecule has 0 aliphatic heterocycles. The number of halogens is 4. The lowest BCUT2D eigenvalue weighted by atomic mass is 10.2. The molecule has 0 aliphatic carbocycles. The van der Waals surface area contributed by atoms with Gasteiger partial charge in [-0.1, -0.05) is 39.1 Å². The van der Waals surface area contributed by atoms with Gasteiger partial charge in [0, 0.05) is 4.47 Å². The van der Waals surface area contributed by atoms with E-state index in [2.05, 4.69) is 21.2 Å². The van der Waals surface area contributed by atoms with Crippen molar-refractivity contribution < 1.29 is 9.18 Å². The van der Waals surface area contributed by atoms with Gasteiger partial charge >= 0.3 is 0 Å². The Labute approximate surface area is 127 Å². The van der Waals surface area contributed by atoms with Crippen molar-refractivity contribution in [1.29, 1.82) is 0 Å². The minimum absolute atomic E-state index is 0.0470. The molecule has 0 atom stereocenters. The van der Waals surface area contributed by atoms with Crippen molar-refractivity contribution in [2.75, 3.05) is 5.32 Å². The Morgan fingerprint density at radius 2 is 1.84 bits per heavy atom. The van der Waals surface area contributed by atoms with E-state index in [1.165, 1.54) is 12.1 Å². The molecule has 0 spiro atoms. The summed E-state index contributed by atoms with van der Waals surface area (Å²) >= 11 is 15.1. The highest BCUT2D eigenvalue weighted by molar-refractivity contribution is 9.10. The van der Waals surface area contributed by atoms with Gasteiger partial charge in [-0.15, -0.1) is 0 Å². The molecule has 1 amide bonds. The number of amides is 1. The summed E-state index contributed by atoms with van der Waals surface area (Å²) in [6.07, 6.45) is 0. The van der Waals surface area contributed by atoms with Gasteiger partial charge in [-0.25, -0.2) is 4.39 Å². The first-order valence-electron chi connectivity index (χ1n) is 5.19. The largest absolute Gasteiger partial charge is 0.321 e. The number of nitrogens with one attached hydrogen (secondary N) is 1. The molecule has 0 saturated heterocycles. The van der Waals surface area contributed by atoms with Crippen molar-refractivity contribution in [2.24, 2.45) is 0 Å². The van der Waals surface area contributed by atoms with Gasteiger partial charge in [0.1, 0.15) is 5.82 Å². The molecule has 2 nitrogen and oxygen atoms in total. The normalized spacial score (nSPS) is 10.3. The number of carbonyl (C=O) groups is 1. The third kappa shape index (κ3) is 3.47. The van der Waals surface area contributed by atoms with Crippen molar-refractivity contribution in [3.63, 3.8) is 0 Å². The molecule has 0 aromatic heterocycles. The van der Waals surface area contributed by atoms with Crippen LogP contribution in [0.2, 0.25) is 10.0 Å². The average Bonchev–Trinajstić information content (AvgIpc) is 2.32. The second-order valence-corrected chi connectivity index (χ2v) is 5.43. The maximum atomic E-state index is 12.9. The summed E-state index contributed by atoms with van der Waals surface area (Å²) in [5, 5.41) is 3.05. The van der Waals surface area contributed by atoms with Crippen molar-refractivity contribution in [3.05, 3.63) is 62.3 Å². The molecule has 0 heterocycles. The fourth-order valence-corrected chi connectivity index (χ4v) is 2.43. The molecular weight excluding hydrogens is 356 g/mol. The number of carbonyl (C=O) groups excluding carboxylic acids is 1. The van der Waals surface area contributed by atoms with E-state index in [4.69, 9.17) is 23.2 Å². The topological polar surface area (TPSA) is 29.1 Å². The summed E-state index contributed by atoms with van der Waals surface area (Å²) in [4.78, 5) is 12.0. The molecule has 0 radical (unpaired) electrons. The molecule has 1 N–H and O–H groups in total. The fraction of sp³-hybridized carbons (Fsp3) is 0. The average molecular weight is 363 g/mol. The predicted molar refractivity (Wildman–Crippen MR) is 78.5 cm³/mol. The van der Waals surface area contributed by atoms with Crippen molar-refractivity contribution in [2.45, 2.75) is 0 Å². The number of anilines is 1. The van der Waals surface area contributed by atoms with Crippen LogP contribution >= 0.6 is 39.1 Å². The van der Waals surface area contributed by atoms with Crippen molar-refractivity contribution in [1.82, 2.24) is 0 Å². The molecule has 98 valence electrons. The first-order chi connectivity index (χ1) is 8.97. The third-order valence-electron chi connectivity index (χ3n) is 2.36. The van der Waals surface area contributed by atoms with Crippen LogP contribution < -0.4 is 5.32 Å². The van der Waals surface area contributed by atoms with Gasteiger partial charge < -0.3 is 5.32 Å². The summed E-state index contributed by atoms with van der Waals surface area (Å²) in [7, 11) is 0. The van der Waals surface area contributed by atoms with E-state index in [0.29, 0.717) is 10.7 Å². The monoisotopic (exact) mass is 361 g/mol. The van der Waals surface area contributed by atoms with Gasteiger partial charge in [0.15, 0.2) is 0 Å². The Morgan fingerprint density at radius 1 is 1.11 bits per heavy atom. The van der Waals surface area contributed by atoms with Crippen molar-refractivity contribution >= 4 is 50.7 Å². The lowest BCUT2D eigenvalue weighted by Gasteiger charge is -2.08. The molecule has 0 saturated carbocycles. The fourth-order valence-electron chi connectivity index (χ4n) is 1.45. The highest BCUT2D eigenvalue weighted by Gasteiger charge is 2.12. The zero-order valence-electron chi connectivity index (χ0n) is 9.38. The summed E-state index contributed by atoms with van der Waals surface area (Å²) in [5.74, 6) is -0.947. The van der Waals surface area contributed by atoms with Crippen LogP contribution in [0.5, 0.6) is 0 Å². The summed E-state index contributed by atoms with van der Waals surface area (Å²) in [5.41, 5.74) is 0.636. The van der Waals surface area contributed by atoms with Gasteiger partial charge in [-0.2, -0.15) is 0 Å². The summed E-state index contributed by atoms with van der Waals surface area (Å²) in [6.45, 7) is 0. The first kappa shape index (κ1) is 14.3. The molecule has 2 rings (SSSR count). The highest BCUT2D eigenvalue weighted by atomic mass is 79.9. The van der Waals surface area contributed by atoms with Gasteiger partial charge in [-0.05, 0) is 36.4 Å². The quantitative estimate of drug-likeness (QED) is 0.786. The lowest BCUT2D eigenvalue weighted by Crippen LogP contribution is -2.12. The highest BCUT2D eigenvalue weighted by Crippen LogP contribution is 2.27. The van der Waals surface area contributed by atoms with E-state index in [1.807, 2.05) is 0 Å². The van der Waals surface area contributed by atoms with Gasteiger partial charge in [0.2, 0.25) is 0 Å². The number of hydrogen-bond donors (Lipinski definition) is 1. The molecule has 19 heavy (non-hydrogen) atoms. The Bertz CT molecular complexity index is 649. The van der Waals surface area contributed by atoms with Crippen LogP contribution in [0.15, 0.2) is 40.9 Å². The molecule has 2 aromatic carbocycles. The Hall–Kier alpha value is -1.10. The first-order valence-corrected chi connectivity index (χ1v) is 6.74. The predicted octanol–water partition coefficient (Wildman–Crippen LogP) is 5.15. The number of benzene rings is 2. The van der Waals surface area contributed by atoms with E-state index in [9.17, 15) is 9.18 Å². The maximum absolute atomic E-state index is 12.9. The van der Waals surface area contributed by atoms with Crippen LogP contribution in [0, 0.1) is 5.82 Å². The Balaban J connectivity index is 2.25. The molecule has 0 bridgehead atoms. The molecule has 2 aromatic rings. The number of hydrogen-bond acceptors (Lipinski definition) is 1. The molecular formula is C13H7BrCl2FNO. The molecule has 6 heteroatoms.